The summed E-state index contributed by atoms with van der Waals surface area (Å²) in [5, 5.41) is 0. The molecule has 0 saturated heterocycles. The summed E-state index contributed by atoms with van der Waals surface area (Å²) in [6.45, 7) is 4.72. The van der Waals surface area contributed by atoms with E-state index < -0.39 is 0 Å². The fourth-order valence-electron chi connectivity index (χ4n) is 3.23. The molecule has 4 atom stereocenters. The maximum atomic E-state index is 2.36. The SMILES string of the molecule is CCC1CCC2C(CC)C12. The second-order valence-electron chi connectivity index (χ2n) is 4.06. The highest BCUT2D eigenvalue weighted by Crippen LogP contribution is 2.62. The molecule has 4 unspecified atom stereocenters. The van der Waals surface area contributed by atoms with E-state index in [1.165, 1.54) is 24.7 Å². The third-order valence-corrected chi connectivity index (χ3v) is 3.81. The first-order chi connectivity index (χ1) is 4.88. The van der Waals surface area contributed by atoms with Gasteiger partial charge in [-0.3, -0.25) is 0 Å². The molecular formula is C10H18. The van der Waals surface area contributed by atoms with Gasteiger partial charge in [0.05, 0.1) is 0 Å². The Kier molecular flexibility index (Phi) is 1.51. The lowest BCUT2D eigenvalue weighted by Crippen LogP contribution is -1.99. The lowest BCUT2D eigenvalue weighted by atomic mass is 9.96. The van der Waals surface area contributed by atoms with E-state index in [0.717, 1.165) is 11.8 Å². The highest BCUT2D eigenvalue weighted by Gasteiger charge is 2.55. The topological polar surface area (TPSA) is 0 Å². The monoisotopic (exact) mass is 138 g/mol. The van der Waals surface area contributed by atoms with Gasteiger partial charge in [-0.25, -0.2) is 0 Å². The molecule has 0 bridgehead atoms. The molecule has 2 aliphatic carbocycles. The number of fused-ring (bicyclic) bond motifs is 1. The molecule has 0 heteroatoms. The van der Waals surface area contributed by atoms with Crippen molar-refractivity contribution >= 4 is 0 Å². The third-order valence-electron chi connectivity index (χ3n) is 3.81. The molecule has 0 radical (unpaired) electrons. The van der Waals surface area contributed by atoms with Gasteiger partial charge >= 0.3 is 0 Å². The lowest BCUT2D eigenvalue weighted by molar-refractivity contribution is 0.415. The summed E-state index contributed by atoms with van der Waals surface area (Å²) < 4.78 is 0. The largest absolute Gasteiger partial charge is 0.0651 e. The van der Waals surface area contributed by atoms with Crippen LogP contribution in [-0.4, -0.2) is 0 Å². The normalized spacial score (nSPS) is 51.0. The van der Waals surface area contributed by atoms with Gasteiger partial charge < -0.3 is 0 Å². The van der Waals surface area contributed by atoms with Gasteiger partial charge in [0.15, 0.2) is 0 Å². The summed E-state index contributed by atoms with van der Waals surface area (Å²) in [6.07, 6.45) is 5.99. The number of hydrogen-bond acceptors (Lipinski definition) is 0. The summed E-state index contributed by atoms with van der Waals surface area (Å²) in [4.78, 5) is 0. The van der Waals surface area contributed by atoms with Crippen LogP contribution in [0.5, 0.6) is 0 Å². The molecule has 0 amide bonds. The van der Waals surface area contributed by atoms with Gasteiger partial charge in [-0.05, 0) is 36.5 Å². The van der Waals surface area contributed by atoms with Gasteiger partial charge in [0.25, 0.3) is 0 Å². The first-order valence-electron chi connectivity index (χ1n) is 4.88. The predicted octanol–water partition coefficient (Wildman–Crippen LogP) is 3.08. The van der Waals surface area contributed by atoms with Crippen LogP contribution in [0.15, 0.2) is 0 Å². The number of rotatable bonds is 2. The number of hydrogen-bond donors (Lipinski definition) is 0. The molecule has 0 aromatic carbocycles. The summed E-state index contributed by atoms with van der Waals surface area (Å²) in [6, 6.07) is 0. The predicted molar refractivity (Wildman–Crippen MR) is 43.8 cm³/mol. The highest BCUT2D eigenvalue weighted by atomic mass is 14.6. The second kappa shape index (κ2) is 2.25. The highest BCUT2D eigenvalue weighted by molar-refractivity contribution is 5.04. The van der Waals surface area contributed by atoms with Gasteiger partial charge in [0.2, 0.25) is 0 Å². The fraction of sp³-hybridized carbons (Fsp3) is 1.00. The molecule has 2 saturated carbocycles. The van der Waals surface area contributed by atoms with E-state index in [2.05, 4.69) is 13.8 Å². The van der Waals surface area contributed by atoms with Crippen molar-refractivity contribution in [2.75, 3.05) is 0 Å². The molecular weight excluding hydrogens is 120 g/mol. The molecule has 0 N–H and O–H groups in total. The zero-order valence-corrected chi connectivity index (χ0v) is 7.14. The minimum Gasteiger partial charge on any atom is -0.0651 e. The van der Waals surface area contributed by atoms with Crippen LogP contribution in [0.25, 0.3) is 0 Å². The Bertz CT molecular complexity index is 124. The molecule has 0 spiro atoms. The fourth-order valence-corrected chi connectivity index (χ4v) is 3.23. The molecule has 58 valence electrons. The first-order valence-corrected chi connectivity index (χ1v) is 4.88. The Morgan fingerprint density at radius 2 is 1.90 bits per heavy atom. The van der Waals surface area contributed by atoms with Crippen molar-refractivity contribution < 1.29 is 0 Å². The van der Waals surface area contributed by atoms with E-state index in [-0.39, 0.29) is 0 Å². The smallest absolute Gasteiger partial charge is 0.0324 e. The van der Waals surface area contributed by atoms with Crippen LogP contribution in [-0.2, 0) is 0 Å². The molecule has 0 heterocycles. The first kappa shape index (κ1) is 6.69. The van der Waals surface area contributed by atoms with E-state index >= 15 is 0 Å². The Balaban J connectivity index is 1.94. The quantitative estimate of drug-likeness (QED) is 0.550. The van der Waals surface area contributed by atoms with Crippen molar-refractivity contribution in [3.63, 3.8) is 0 Å². The van der Waals surface area contributed by atoms with Crippen LogP contribution in [0.3, 0.4) is 0 Å². The molecule has 0 aromatic heterocycles. The standard InChI is InChI=1S/C10H18/c1-3-7-5-6-9-8(4-2)10(7)9/h7-10H,3-6H2,1-2H3. The molecule has 2 fully saturated rings. The van der Waals surface area contributed by atoms with Crippen LogP contribution < -0.4 is 0 Å². The molecule has 10 heavy (non-hydrogen) atoms. The maximum Gasteiger partial charge on any atom is -0.0324 e. The summed E-state index contributed by atoms with van der Waals surface area (Å²) in [5.74, 6) is 4.62. The Hall–Kier alpha value is 0. The van der Waals surface area contributed by atoms with Gasteiger partial charge in [-0.15, -0.1) is 0 Å². The van der Waals surface area contributed by atoms with E-state index in [1.807, 2.05) is 0 Å². The van der Waals surface area contributed by atoms with Crippen LogP contribution in [0.1, 0.15) is 39.5 Å². The van der Waals surface area contributed by atoms with Crippen LogP contribution in [0, 0.1) is 23.7 Å². The van der Waals surface area contributed by atoms with Crippen molar-refractivity contribution in [1.29, 1.82) is 0 Å². The molecule has 2 rings (SSSR count). The van der Waals surface area contributed by atoms with Crippen LogP contribution in [0.2, 0.25) is 0 Å². The van der Waals surface area contributed by atoms with E-state index in [0.29, 0.717) is 0 Å². The molecule has 0 aromatic rings. The van der Waals surface area contributed by atoms with E-state index in [1.54, 1.807) is 12.8 Å². The van der Waals surface area contributed by atoms with E-state index in [4.69, 9.17) is 0 Å². The third kappa shape index (κ3) is 0.741. The van der Waals surface area contributed by atoms with Gasteiger partial charge in [-0.2, -0.15) is 0 Å². The Labute approximate surface area is 64.0 Å². The molecule has 0 aliphatic heterocycles. The average Bonchev–Trinajstić information content (AvgIpc) is 2.51. The second-order valence-corrected chi connectivity index (χ2v) is 4.06. The van der Waals surface area contributed by atoms with Crippen molar-refractivity contribution in [2.45, 2.75) is 39.5 Å². The Morgan fingerprint density at radius 3 is 2.40 bits per heavy atom. The van der Waals surface area contributed by atoms with Crippen molar-refractivity contribution in [1.82, 2.24) is 0 Å². The maximum absolute atomic E-state index is 2.36. The zero-order chi connectivity index (χ0) is 7.14. The van der Waals surface area contributed by atoms with Gasteiger partial charge in [-0.1, -0.05) is 26.7 Å². The van der Waals surface area contributed by atoms with Gasteiger partial charge in [0, 0.05) is 0 Å². The summed E-state index contributed by atoms with van der Waals surface area (Å²) in [5.41, 5.74) is 0. The van der Waals surface area contributed by atoms with Crippen LogP contribution in [0.4, 0.5) is 0 Å². The summed E-state index contributed by atoms with van der Waals surface area (Å²) >= 11 is 0. The van der Waals surface area contributed by atoms with Gasteiger partial charge in [0.1, 0.15) is 0 Å². The molecule has 2 aliphatic rings. The minimum absolute atomic E-state index is 1.12. The minimum atomic E-state index is 1.12. The summed E-state index contributed by atoms with van der Waals surface area (Å²) in [7, 11) is 0. The van der Waals surface area contributed by atoms with Crippen molar-refractivity contribution in [2.24, 2.45) is 23.7 Å². The average molecular weight is 138 g/mol. The lowest BCUT2D eigenvalue weighted by Gasteiger charge is -2.09. The zero-order valence-electron chi connectivity index (χ0n) is 7.14. The van der Waals surface area contributed by atoms with E-state index in [9.17, 15) is 0 Å². The molecule has 0 nitrogen and oxygen atoms in total. The van der Waals surface area contributed by atoms with Crippen LogP contribution >= 0.6 is 0 Å². The van der Waals surface area contributed by atoms with Crippen molar-refractivity contribution in [3.8, 4) is 0 Å². The van der Waals surface area contributed by atoms with Crippen molar-refractivity contribution in [3.05, 3.63) is 0 Å². The Morgan fingerprint density at radius 1 is 1.10 bits per heavy atom.